The van der Waals surface area contributed by atoms with Crippen LogP contribution in [0.4, 0.5) is 0 Å². The van der Waals surface area contributed by atoms with Gasteiger partial charge in [-0.1, -0.05) is 145 Å². The second-order valence-electron chi connectivity index (χ2n) is 12.8. The zero-order valence-corrected chi connectivity index (χ0v) is 32.1. The maximum absolute atomic E-state index is 12.3. The molecule has 0 aliphatic rings. The summed E-state index contributed by atoms with van der Waals surface area (Å²) in [6.07, 6.45) is 47.4. The predicted octanol–water partition coefficient (Wildman–Crippen LogP) is 10.9. The predicted molar refractivity (Wildman–Crippen MR) is 202 cm³/mol. The van der Waals surface area contributed by atoms with Crippen LogP contribution in [-0.4, -0.2) is 31.9 Å². The van der Waals surface area contributed by atoms with Crippen LogP contribution in [0.3, 0.4) is 0 Å². The fraction of sp³-hybridized carbons (Fsp3) is 0.732. The van der Waals surface area contributed by atoms with Crippen molar-refractivity contribution in [3.63, 3.8) is 0 Å². The van der Waals surface area contributed by atoms with Crippen LogP contribution in [0.1, 0.15) is 168 Å². The first kappa shape index (κ1) is 47.2. The average molecular weight is 707 g/mol. The van der Waals surface area contributed by atoms with Crippen LogP contribution in [0, 0.1) is 0 Å². The molecule has 0 aromatic rings. The summed E-state index contributed by atoms with van der Waals surface area (Å²) in [4.78, 5) is 34.2. The van der Waals surface area contributed by atoms with E-state index in [0.29, 0.717) is 13.0 Å². The van der Waals surface area contributed by atoms with Crippen LogP contribution in [0.25, 0.3) is 0 Å². The molecule has 0 N–H and O–H groups in total. The zero-order valence-electron chi connectivity index (χ0n) is 31.2. The molecule has 0 aromatic carbocycles. The maximum atomic E-state index is 12.3. The van der Waals surface area contributed by atoms with Crippen LogP contribution >= 0.6 is 7.82 Å². The molecule has 1 atom stereocenters. The van der Waals surface area contributed by atoms with E-state index in [2.05, 4.69) is 73.1 Å². The van der Waals surface area contributed by atoms with Crippen molar-refractivity contribution in [2.24, 2.45) is 0 Å². The first-order valence-corrected chi connectivity index (χ1v) is 21.0. The molecule has 284 valence electrons. The molecule has 0 rings (SSSR count). The van der Waals surface area contributed by atoms with Crippen LogP contribution in [0.2, 0.25) is 0 Å². The molecule has 8 heteroatoms. The summed E-state index contributed by atoms with van der Waals surface area (Å²) in [6.45, 7) is 4.42. The summed E-state index contributed by atoms with van der Waals surface area (Å²) in [5.41, 5.74) is 0. The highest BCUT2D eigenvalue weighted by Gasteiger charge is 2.16. The lowest BCUT2D eigenvalue weighted by molar-refractivity contribution is -0.343. The zero-order chi connectivity index (χ0) is 35.9. The number of unbranched alkanes of at least 4 members (excludes halogenated alkanes) is 16. The largest absolute Gasteiger partial charge is 0.790 e. The van der Waals surface area contributed by atoms with E-state index in [9.17, 15) is 19.1 Å². The van der Waals surface area contributed by atoms with Gasteiger partial charge in [0, 0.05) is 13.0 Å². The summed E-state index contributed by atoms with van der Waals surface area (Å²) in [5, 5.41) is 0. The van der Waals surface area contributed by atoms with Crippen molar-refractivity contribution >= 4 is 13.8 Å². The van der Waals surface area contributed by atoms with E-state index in [1.807, 2.05) is 6.08 Å². The number of phosphoric ester groups is 1. The fourth-order valence-corrected chi connectivity index (χ4v) is 5.48. The lowest BCUT2D eigenvalue weighted by Gasteiger charge is -2.30. The van der Waals surface area contributed by atoms with Gasteiger partial charge in [-0.2, -0.15) is 0 Å². The number of carbonyl (C=O) groups excluding carboxylic acids is 1. The number of phosphoric acid groups is 1. The van der Waals surface area contributed by atoms with Gasteiger partial charge in [-0.3, -0.25) is 4.79 Å². The van der Waals surface area contributed by atoms with E-state index in [-0.39, 0.29) is 13.0 Å². The molecule has 0 aliphatic heterocycles. The quantitative estimate of drug-likeness (QED) is 0.0276. The molecular weight excluding hydrogens is 635 g/mol. The van der Waals surface area contributed by atoms with Crippen LogP contribution in [-0.2, 0) is 23.4 Å². The summed E-state index contributed by atoms with van der Waals surface area (Å²) >= 11 is 0. The Kier molecular flexibility index (Phi) is 36.1. The van der Waals surface area contributed by atoms with Gasteiger partial charge in [0.05, 0.1) is 21.0 Å². The van der Waals surface area contributed by atoms with E-state index in [4.69, 9.17) is 9.47 Å². The smallest absolute Gasteiger partial charge is 0.306 e. The molecule has 0 aromatic heterocycles. The number of hydrogen-bond donors (Lipinski definition) is 0. The second kappa shape index (κ2) is 37.5. The first-order valence-electron chi connectivity index (χ1n) is 19.6. The van der Waals surface area contributed by atoms with Gasteiger partial charge in [0.25, 0.3) is 0 Å². The lowest BCUT2D eigenvalue weighted by atomic mass is 10.1. The number of ether oxygens (including phenoxy) is 2. The van der Waals surface area contributed by atoms with Crippen LogP contribution in [0.15, 0.2) is 60.8 Å². The molecular formula is C41H71O7P-2. The normalized spacial score (nSPS) is 13.3. The van der Waals surface area contributed by atoms with Crippen LogP contribution in [0.5, 0.6) is 0 Å². The Morgan fingerprint density at radius 1 is 0.551 bits per heavy atom. The Balaban J connectivity index is 3.95. The summed E-state index contributed by atoms with van der Waals surface area (Å²) < 4.78 is 26.3. The minimum absolute atomic E-state index is 0.00596. The number of carbonyl (C=O) groups is 1. The molecule has 0 saturated heterocycles. The highest BCUT2D eigenvalue weighted by Crippen LogP contribution is 2.25. The van der Waals surface area contributed by atoms with Gasteiger partial charge < -0.3 is 28.3 Å². The molecule has 0 heterocycles. The van der Waals surface area contributed by atoms with Gasteiger partial charge in [0.15, 0.2) is 0 Å². The van der Waals surface area contributed by atoms with Gasteiger partial charge in [0.1, 0.15) is 6.10 Å². The van der Waals surface area contributed by atoms with E-state index < -0.39 is 26.5 Å². The molecule has 0 unspecified atom stereocenters. The number of esters is 1. The standard InChI is InChI=1S/C41H73O7P/c1-3-5-7-9-11-13-15-17-19-21-22-24-26-28-30-32-34-36-41(42)48-40(39-47-49(43,44)45)38-46-37-35-33-31-29-27-25-23-20-18-16-14-12-10-8-6-4-2/h11,13,17-20,22,24,28,30,40H,3-10,12,14-16,21,23,25-27,29,31-39H2,1-2H3,(H2,43,44,45)/p-2/b13-11-,19-17-,20-18-,24-22-,30-28-/t40-/m1/s1. The highest BCUT2D eigenvalue weighted by atomic mass is 31.2. The lowest BCUT2D eigenvalue weighted by Crippen LogP contribution is -2.30. The van der Waals surface area contributed by atoms with Crippen molar-refractivity contribution in [2.75, 3.05) is 19.8 Å². The summed E-state index contributed by atoms with van der Waals surface area (Å²) in [6, 6.07) is 0. The van der Waals surface area contributed by atoms with E-state index in [1.54, 1.807) is 0 Å². The molecule has 0 aliphatic carbocycles. The Morgan fingerprint density at radius 2 is 0.959 bits per heavy atom. The molecule has 49 heavy (non-hydrogen) atoms. The average Bonchev–Trinajstić information content (AvgIpc) is 3.07. The Bertz CT molecular complexity index is 919. The van der Waals surface area contributed by atoms with Gasteiger partial charge >= 0.3 is 5.97 Å². The molecule has 0 radical (unpaired) electrons. The van der Waals surface area contributed by atoms with Crippen molar-refractivity contribution in [1.29, 1.82) is 0 Å². The van der Waals surface area contributed by atoms with Gasteiger partial charge in [-0.25, -0.2) is 0 Å². The summed E-state index contributed by atoms with van der Waals surface area (Å²) in [5.74, 6) is -0.461. The van der Waals surface area contributed by atoms with E-state index in [0.717, 1.165) is 51.4 Å². The minimum atomic E-state index is -5.17. The molecule has 0 spiro atoms. The molecule has 0 saturated carbocycles. The van der Waals surface area contributed by atoms with E-state index in [1.165, 1.54) is 89.9 Å². The third-order valence-electron chi connectivity index (χ3n) is 8.03. The number of hydrogen-bond acceptors (Lipinski definition) is 7. The topological polar surface area (TPSA) is 108 Å². The number of allylic oxidation sites excluding steroid dienone is 10. The monoisotopic (exact) mass is 706 g/mol. The highest BCUT2D eigenvalue weighted by molar-refractivity contribution is 7.43. The molecule has 0 fully saturated rings. The third kappa shape index (κ3) is 40.6. The van der Waals surface area contributed by atoms with E-state index >= 15 is 0 Å². The van der Waals surface area contributed by atoms with Crippen molar-refractivity contribution in [1.82, 2.24) is 0 Å². The van der Waals surface area contributed by atoms with Crippen molar-refractivity contribution in [3.8, 4) is 0 Å². The molecule has 7 nitrogen and oxygen atoms in total. The number of rotatable bonds is 36. The third-order valence-corrected chi connectivity index (χ3v) is 8.50. The summed E-state index contributed by atoms with van der Waals surface area (Å²) in [7, 11) is -5.17. The Labute approximate surface area is 301 Å². The second-order valence-corrected chi connectivity index (χ2v) is 14.0. The van der Waals surface area contributed by atoms with Gasteiger partial charge in [-0.15, -0.1) is 0 Å². The first-order chi connectivity index (χ1) is 23.9. The van der Waals surface area contributed by atoms with Crippen molar-refractivity contribution in [2.45, 2.75) is 174 Å². The van der Waals surface area contributed by atoms with Crippen molar-refractivity contribution in [3.05, 3.63) is 60.8 Å². The maximum Gasteiger partial charge on any atom is 0.306 e. The molecule has 0 bridgehead atoms. The Morgan fingerprint density at radius 3 is 1.49 bits per heavy atom. The molecule has 0 amide bonds. The van der Waals surface area contributed by atoms with Crippen LogP contribution < -0.4 is 9.79 Å². The SMILES string of the molecule is CCCCC/C=C\C/C=C\C/C=C\C/C=C\CCCC(=O)O[C@H](COCCCCCCCC/C=C\CCCCCCCC)COP(=O)([O-])[O-]. The minimum Gasteiger partial charge on any atom is -0.790 e. The Hall–Kier alpha value is -1.76. The van der Waals surface area contributed by atoms with Crippen molar-refractivity contribution < 1.29 is 33.1 Å². The van der Waals surface area contributed by atoms with Gasteiger partial charge in [0.2, 0.25) is 0 Å². The fourth-order valence-electron chi connectivity index (χ4n) is 5.13. The van der Waals surface area contributed by atoms with Gasteiger partial charge in [-0.05, 0) is 77.0 Å².